The molecule has 0 aliphatic heterocycles. The summed E-state index contributed by atoms with van der Waals surface area (Å²) >= 11 is 0. The second-order valence-electron chi connectivity index (χ2n) is 9.96. The number of nitrogens with one attached hydrogen (secondary N) is 2. The fourth-order valence-electron chi connectivity index (χ4n) is 4.46. The van der Waals surface area contributed by atoms with Gasteiger partial charge in [0.1, 0.15) is 5.75 Å². The molecule has 3 N–H and O–H groups in total. The third-order valence-electron chi connectivity index (χ3n) is 6.37. The molecule has 0 bridgehead atoms. The Bertz CT molecular complexity index is 1190. The number of aromatic nitrogens is 1. The lowest BCUT2D eigenvalue weighted by Crippen LogP contribution is -2.35. The van der Waals surface area contributed by atoms with Gasteiger partial charge in [0, 0.05) is 31.0 Å². The molecule has 4 heteroatoms. The van der Waals surface area contributed by atoms with Crippen molar-refractivity contribution in [2.24, 2.45) is 0 Å². The number of hydrogen-bond donors (Lipinski definition) is 3. The fourth-order valence-corrected chi connectivity index (χ4v) is 4.46. The first-order chi connectivity index (χ1) is 16.9. The Balaban J connectivity index is 1.66. The van der Waals surface area contributed by atoms with E-state index in [9.17, 15) is 5.11 Å². The summed E-state index contributed by atoms with van der Waals surface area (Å²) < 4.78 is 0. The van der Waals surface area contributed by atoms with Crippen LogP contribution in [0.4, 0.5) is 0 Å². The molecular weight excluding hydrogens is 430 g/mol. The quantitative estimate of drug-likeness (QED) is 0.266. The SMILES string of the molecule is CC(C)(C)c1cccc(CNC(c2ccccc2)C(NCc2ccncc2)c2ccccc2)c1O. The number of nitrogens with zero attached hydrogens (tertiary/aromatic N) is 1. The smallest absolute Gasteiger partial charge is 0.123 e. The number of pyridine rings is 1. The predicted octanol–water partition coefficient (Wildman–Crippen LogP) is 6.45. The van der Waals surface area contributed by atoms with Crippen LogP contribution in [0.15, 0.2) is 103 Å². The van der Waals surface area contributed by atoms with Crippen molar-refractivity contribution in [2.75, 3.05) is 0 Å². The summed E-state index contributed by atoms with van der Waals surface area (Å²) in [5.74, 6) is 0.375. The van der Waals surface area contributed by atoms with Crippen molar-refractivity contribution in [2.45, 2.75) is 51.4 Å². The first-order valence-corrected chi connectivity index (χ1v) is 12.2. The van der Waals surface area contributed by atoms with Crippen LogP contribution in [0.1, 0.15) is 60.7 Å². The zero-order chi connectivity index (χ0) is 24.7. The Morgan fingerprint density at radius 1 is 0.686 bits per heavy atom. The molecule has 4 aromatic rings. The van der Waals surface area contributed by atoms with Gasteiger partial charge in [-0.15, -0.1) is 0 Å². The molecule has 3 aromatic carbocycles. The van der Waals surface area contributed by atoms with E-state index in [-0.39, 0.29) is 17.5 Å². The van der Waals surface area contributed by atoms with Crippen molar-refractivity contribution in [1.29, 1.82) is 0 Å². The summed E-state index contributed by atoms with van der Waals surface area (Å²) in [5.41, 5.74) is 5.31. The van der Waals surface area contributed by atoms with Crippen LogP contribution in [0.3, 0.4) is 0 Å². The van der Waals surface area contributed by atoms with E-state index in [2.05, 4.69) is 84.9 Å². The van der Waals surface area contributed by atoms with Crippen LogP contribution in [-0.2, 0) is 18.5 Å². The standard InChI is InChI=1S/C31H35N3O/c1-31(2,3)27-16-10-15-26(30(27)35)22-34-29(25-13-8-5-9-14-25)28(24-11-6-4-7-12-24)33-21-23-17-19-32-20-18-23/h4-20,28-29,33-35H,21-22H2,1-3H3. The van der Waals surface area contributed by atoms with Gasteiger partial charge in [-0.3, -0.25) is 4.98 Å². The normalized spacial score (nSPS) is 13.3. The van der Waals surface area contributed by atoms with Gasteiger partial charge in [0.2, 0.25) is 0 Å². The van der Waals surface area contributed by atoms with Gasteiger partial charge in [0.25, 0.3) is 0 Å². The van der Waals surface area contributed by atoms with E-state index in [0.29, 0.717) is 12.3 Å². The minimum atomic E-state index is -0.127. The van der Waals surface area contributed by atoms with Gasteiger partial charge in [-0.1, -0.05) is 99.6 Å². The van der Waals surface area contributed by atoms with E-state index in [1.165, 1.54) is 16.7 Å². The van der Waals surface area contributed by atoms with Crippen LogP contribution in [0, 0.1) is 0 Å². The molecule has 35 heavy (non-hydrogen) atoms. The van der Waals surface area contributed by atoms with Gasteiger partial charge >= 0.3 is 0 Å². The summed E-state index contributed by atoms with van der Waals surface area (Å²) in [6.45, 7) is 7.65. The predicted molar refractivity (Wildman–Crippen MR) is 143 cm³/mol. The summed E-state index contributed by atoms with van der Waals surface area (Å²) in [6.07, 6.45) is 3.65. The van der Waals surface area contributed by atoms with Crippen molar-refractivity contribution in [3.05, 3.63) is 131 Å². The molecule has 0 spiro atoms. The van der Waals surface area contributed by atoms with Crippen LogP contribution in [0.2, 0.25) is 0 Å². The van der Waals surface area contributed by atoms with Gasteiger partial charge in [-0.2, -0.15) is 0 Å². The Hall–Kier alpha value is -3.47. The molecule has 0 aliphatic rings. The van der Waals surface area contributed by atoms with Gasteiger partial charge in [-0.05, 0) is 39.8 Å². The molecule has 0 aliphatic carbocycles. The number of aromatic hydroxyl groups is 1. The first kappa shape index (κ1) is 24.6. The minimum Gasteiger partial charge on any atom is -0.507 e. The van der Waals surface area contributed by atoms with Crippen LogP contribution in [-0.4, -0.2) is 10.1 Å². The maximum Gasteiger partial charge on any atom is 0.123 e. The first-order valence-electron chi connectivity index (χ1n) is 12.2. The molecule has 0 amide bonds. The largest absolute Gasteiger partial charge is 0.507 e. The van der Waals surface area contributed by atoms with Crippen molar-refractivity contribution < 1.29 is 5.11 Å². The molecule has 0 fully saturated rings. The van der Waals surface area contributed by atoms with Gasteiger partial charge in [-0.25, -0.2) is 0 Å². The monoisotopic (exact) mass is 465 g/mol. The third kappa shape index (κ3) is 6.36. The van der Waals surface area contributed by atoms with E-state index in [4.69, 9.17) is 0 Å². The maximum atomic E-state index is 11.1. The van der Waals surface area contributed by atoms with E-state index in [1.807, 2.05) is 54.9 Å². The molecule has 0 saturated heterocycles. The molecular formula is C31H35N3O. The number of para-hydroxylation sites is 1. The summed E-state index contributed by atoms with van der Waals surface area (Å²) in [5, 5.41) is 18.6. The lowest BCUT2D eigenvalue weighted by molar-refractivity contribution is 0.375. The second-order valence-corrected chi connectivity index (χ2v) is 9.96. The topological polar surface area (TPSA) is 57.2 Å². The number of rotatable bonds is 9. The van der Waals surface area contributed by atoms with Gasteiger partial charge in [0.05, 0.1) is 12.1 Å². The van der Waals surface area contributed by atoms with Crippen LogP contribution in [0.25, 0.3) is 0 Å². The second kappa shape index (κ2) is 11.3. The fraction of sp³-hybridized carbons (Fsp3) is 0.258. The molecule has 0 saturated carbocycles. The molecule has 4 rings (SSSR count). The van der Waals surface area contributed by atoms with Crippen molar-refractivity contribution >= 4 is 0 Å². The molecule has 0 radical (unpaired) electrons. The van der Waals surface area contributed by atoms with Crippen LogP contribution >= 0.6 is 0 Å². The van der Waals surface area contributed by atoms with Crippen molar-refractivity contribution in [1.82, 2.24) is 15.6 Å². The van der Waals surface area contributed by atoms with Crippen molar-refractivity contribution in [3.63, 3.8) is 0 Å². The lowest BCUT2D eigenvalue weighted by atomic mass is 9.85. The van der Waals surface area contributed by atoms with Crippen LogP contribution < -0.4 is 10.6 Å². The highest BCUT2D eigenvalue weighted by atomic mass is 16.3. The van der Waals surface area contributed by atoms with E-state index in [1.54, 1.807) is 0 Å². The molecule has 2 unspecified atom stereocenters. The van der Waals surface area contributed by atoms with Gasteiger partial charge < -0.3 is 15.7 Å². The number of phenolic OH excluding ortho intramolecular Hbond substituents is 1. The summed E-state index contributed by atoms with van der Waals surface area (Å²) in [6, 6.07) is 31.2. The van der Waals surface area contributed by atoms with Crippen LogP contribution in [0.5, 0.6) is 5.75 Å². The Kier molecular flexibility index (Phi) is 7.96. The Morgan fingerprint density at radius 3 is 1.77 bits per heavy atom. The Morgan fingerprint density at radius 2 is 1.23 bits per heavy atom. The van der Waals surface area contributed by atoms with E-state index < -0.39 is 0 Å². The highest BCUT2D eigenvalue weighted by Gasteiger charge is 2.25. The third-order valence-corrected chi connectivity index (χ3v) is 6.37. The summed E-state index contributed by atoms with van der Waals surface area (Å²) in [7, 11) is 0. The highest BCUT2D eigenvalue weighted by molar-refractivity contribution is 5.44. The molecule has 1 aromatic heterocycles. The highest BCUT2D eigenvalue weighted by Crippen LogP contribution is 2.34. The van der Waals surface area contributed by atoms with E-state index >= 15 is 0 Å². The van der Waals surface area contributed by atoms with Gasteiger partial charge in [0.15, 0.2) is 0 Å². The molecule has 180 valence electrons. The average molecular weight is 466 g/mol. The number of benzene rings is 3. The zero-order valence-electron chi connectivity index (χ0n) is 20.8. The molecule has 2 atom stereocenters. The van der Waals surface area contributed by atoms with E-state index in [0.717, 1.165) is 17.7 Å². The minimum absolute atomic E-state index is 0.0136. The maximum absolute atomic E-state index is 11.1. The number of hydrogen-bond acceptors (Lipinski definition) is 4. The Labute approximate surface area is 209 Å². The lowest BCUT2D eigenvalue weighted by Gasteiger charge is -2.31. The van der Waals surface area contributed by atoms with Crippen molar-refractivity contribution in [3.8, 4) is 5.75 Å². The number of phenols is 1. The molecule has 1 heterocycles. The summed E-state index contributed by atoms with van der Waals surface area (Å²) in [4.78, 5) is 4.15. The molecule has 4 nitrogen and oxygen atoms in total. The average Bonchev–Trinajstić information content (AvgIpc) is 2.88. The zero-order valence-corrected chi connectivity index (χ0v) is 20.8.